The quantitative estimate of drug-likeness (QED) is 0.832. The Morgan fingerprint density at radius 1 is 1.14 bits per heavy atom. The van der Waals surface area contributed by atoms with Gasteiger partial charge in [0.15, 0.2) is 0 Å². The second-order valence-electron chi connectivity index (χ2n) is 5.89. The van der Waals surface area contributed by atoms with Crippen LogP contribution in [-0.2, 0) is 6.18 Å². The third kappa shape index (κ3) is 3.70. The molecule has 0 aliphatic carbocycles. The highest BCUT2D eigenvalue weighted by Gasteiger charge is 2.32. The van der Waals surface area contributed by atoms with Gasteiger partial charge in [-0.1, -0.05) is 13.0 Å². The maximum Gasteiger partial charge on any atom is 0.416 e. The van der Waals surface area contributed by atoms with E-state index >= 15 is 0 Å². The number of alkyl halides is 3. The minimum Gasteiger partial charge on any atom is -0.368 e. The van der Waals surface area contributed by atoms with Crippen LogP contribution >= 0.6 is 0 Å². The van der Waals surface area contributed by atoms with Crippen molar-refractivity contribution in [2.24, 2.45) is 0 Å². The van der Waals surface area contributed by atoms with Crippen molar-refractivity contribution >= 4 is 5.69 Å². The zero-order valence-corrected chi connectivity index (χ0v) is 12.8. The molecule has 2 unspecified atom stereocenters. The maximum atomic E-state index is 12.8. The lowest BCUT2D eigenvalue weighted by atomic mass is 10.1. The smallest absolute Gasteiger partial charge is 0.368 e. The van der Waals surface area contributed by atoms with Gasteiger partial charge in [-0.2, -0.15) is 13.2 Å². The largest absolute Gasteiger partial charge is 0.416 e. The van der Waals surface area contributed by atoms with Crippen LogP contribution in [0.2, 0.25) is 0 Å². The van der Waals surface area contributed by atoms with E-state index in [0.717, 1.165) is 32.1 Å². The summed E-state index contributed by atoms with van der Waals surface area (Å²) in [5.41, 5.74) is 0.0935. The summed E-state index contributed by atoms with van der Waals surface area (Å²) in [4.78, 5) is 4.50. The monoisotopic (exact) mass is 300 g/mol. The summed E-state index contributed by atoms with van der Waals surface area (Å²) in [7, 11) is 0. The van der Waals surface area contributed by atoms with E-state index in [1.54, 1.807) is 6.07 Å². The molecule has 1 aromatic carbocycles. The third-order valence-corrected chi connectivity index (χ3v) is 4.12. The molecule has 0 saturated carbocycles. The first-order chi connectivity index (χ1) is 9.82. The zero-order chi connectivity index (χ0) is 15.6. The average molecular weight is 300 g/mol. The van der Waals surface area contributed by atoms with E-state index in [9.17, 15) is 13.2 Å². The number of anilines is 1. The Morgan fingerprint density at radius 3 is 2.29 bits per heavy atom. The Labute approximate surface area is 124 Å². The molecule has 1 fully saturated rings. The van der Waals surface area contributed by atoms with Gasteiger partial charge in [-0.3, -0.25) is 4.90 Å². The molecule has 2 nitrogen and oxygen atoms in total. The molecule has 0 aromatic heterocycles. The summed E-state index contributed by atoms with van der Waals surface area (Å²) in [5, 5.41) is 0. The molecule has 2 atom stereocenters. The fraction of sp³-hybridized carbons (Fsp3) is 0.625. The number of hydrogen-bond donors (Lipinski definition) is 0. The summed E-state index contributed by atoms with van der Waals surface area (Å²) in [5.74, 6) is 0. The summed E-state index contributed by atoms with van der Waals surface area (Å²) in [6, 6.07) is 6.35. The Balaban J connectivity index is 2.17. The van der Waals surface area contributed by atoms with Crippen molar-refractivity contribution in [3.63, 3.8) is 0 Å². The number of nitrogens with zero attached hydrogens (tertiary/aromatic N) is 2. The predicted octanol–water partition coefficient (Wildman–Crippen LogP) is 4.01. The third-order valence-electron chi connectivity index (χ3n) is 4.12. The molecule has 0 radical (unpaired) electrons. The van der Waals surface area contributed by atoms with Crippen molar-refractivity contribution in [3.8, 4) is 0 Å². The van der Waals surface area contributed by atoms with Crippen LogP contribution in [0, 0.1) is 0 Å². The molecule has 5 heteroatoms. The number of halogens is 3. The average Bonchev–Trinajstić information content (AvgIpc) is 2.42. The van der Waals surface area contributed by atoms with Crippen molar-refractivity contribution in [2.45, 2.75) is 45.5 Å². The number of rotatable bonds is 3. The van der Waals surface area contributed by atoms with Crippen molar-refractivity contribution in [3.05, 3.63) is 29.8 Å². The van der Waals surface area contributed by atoms with E-state index < -0.39 is 11.7 Å². The van der Waals surface area contributed by atoms with Gasteiger partial charge >= 0.3 is 6.18 Å². The van der Waals surface area contributed by atoms with Crippen LogP contribution in [0.5, 0.6) is 0 Å². The minimum absolute atomic E-state index is 0.350. The maximum absolute atomic E-state index is 12.8. The van der Waals surface area contributed by atoms with Crippen LogP contribution in [0.4, 0.5) is 18.9 Å². The van der Waals surface area contributed by atoms with Gasteiger partial charge in [-0.25, -0.2) is 0 Å². The molecule has 1 saturated heterocycles. The standard InChI is InChI=1S/C16H23F3N2/c1-4-8-21-12(2)10-20(11-13(21)3)15-7-5-6-14(9-15)16(17,18)19/h5-7,9,12-13H,4,8,10-11H2,1-3H3. The molecule has 0 N–H and O–H groups in total. The summed E-state index contributed by atoms with van der Waals surface area (Å²) >= 11 is 0. The second-order valence-corrected chi connectivity index (χ2v) is 5.89. The molecule has 1 heterocycles. The molecule has 0 bridgehead atoms. The lowest BCUT2D eigenvalue weighted by Gasteiger charge is -2.45. The first-order valence-corrected chi connectivity index (χ1v) is 7.51. The van der Waals surface area contributed by atoms with Gasteiger partial charge < -0.3 is 4.90 Å². The topological polar surface area (TPSA) is 6.48 Å². The highest BCUT2D eigenvalue weighted by Crippen LogP contribution is 2.32. The summed E-state index contributed by atoms with van der Waals surface area (Å²) in [6.45, 7) is 9.02. The van der Waals surface area contributed by atoms with Crippen molar-refractivity contribution in [1.29, 1.82) is 0 Å². The van der Waals surface area contributed by atoms with E-state index in [2.05, 4.69) is 30.6 Å². The zero-order valence-electron chi connectivity index (χ0n) is 12.8. The van der Waals surface area contributed by atoms with Gasteiger partial charge in [0.05, 0.1) is 5.56 Å². The molecule has 0 spiro atoms. The number of piperazine rings is 1. The SMILES string of the molecule is CCCN1C(C)CN(c2cccc(C(F)(F)F)c2)CC1C. The molecular weight excluding hydrogens is 277 g/mol. The molecule has 21 heavy (non-hydrogen) atoms. The highest BCUT2D eigenvalue weighted by molar-refractivity contribution is 5.50. The van der Waals surface area contributed by atoms with E-state index in [-0.39, 0.29) is 0 Å². The number of benzene rings is 1. The summed E-state index contributed by atoms with van der Waals surface area (Å²) < 4.78 is 38.5. The van der Waals surface area contributed by atoms with Gasteiger partial charge in [0, 0.05) is 30.9 Å². The van der Waals surface area contributed by atoms with Crippen LogP contribution in [0.25, 0.3) is 0 Å². The molecular formula is C16H23F3N2. The Kier molecular flexibility index (Phi) is 4.81. The van der Waals surface area contributed by atoms with Crippen LogP contribution in [0.1, 0.15) is 32.8 Å². The van der Waals surface area contributed by atoms with Crippen molar-refractivity contribution in [2.75, 3.05) is 24.5 Å². The van der Waals surface area contributed by atoms with Gasteiger partial charge in [0.25, 0.3) is 0 Å². The van der Waals surface area contributed by atoms with E-state index in [1.807, 2.05) is 0 Å². The summed E-state index contributed by atoms with van der Waals surface area (Å²) in [6.07, 6.45) is -3.19. The van der Waals surface area contributed by atoms with Crippen LogP contribution < -0.4 is 4.90 Å². The molecule has 2 rings (SSSR count). The first kappa shape index (κ1) is 16.1. The van der Waals surface area contributed by atoms with Crippen LogP contribution in [0.15, 0.2) is 24.3 Å². The van der Waals surface area contributed by atoms with Gasteiger partial charge in [0.2, 0.25) is 0 Å². The highest BCUT2D eigenvalue weighted by atomic mass is 19.4. The fourth-order valence-corrected chi connectivity index (χ4v) is 3.15. The Morgan fingerprint density at radius 2 is 1.76 bits per heavy atom. The fourth-order valence-electron chi connectivity index (χ4n) is 3.15. The Bertz CT molecular complexity index is 461. The van der Waals surface area contributed by atoms with Crippen LogP contribution in [0.3, 0.4) is 0 Å². The molecule has 1 aliphatic rings. The minimum atomic E-state index is -4.28. The predicted molar refractivity (Wildman–Crippen MR) is 79.6 cm³/mol. The van der Waals surface area contributed by atoms with Crippen molar-refractivity contribution in [1.82, 2.24) is 4.90 Å². The van der Waals surface area contributed by atoms with E-state index in [4.69, 9.17) is 0 Å². The molecule has 118 valence electrons. The normalized spacial score (nSPS) is 24.4. The van der Waals surface area contributed by atoms with E-state index in [1.165, 1.54) is 12.1 Å². The molecule has 1 aromatic rings. The van der Waals surface area contributed by atoms with Crippen molar-refractivity contribution < 1.29 is 13.2 Å². The Hall–Kier alpha value is -1.23. The lowest BCUT2D eigenvalue weighted by molar-refractivity contribution is -0.137. The van der Waals surface area contributed by atoms with Crippen LogP contribution in [-0.4, -0.2) is 36.6 Å². The van der Waals surface area contributed by atoms with Gasteiger partial charge in [-0.05, 0) is 45.0 Å². The van der Waals surface area contributed by atoms with Gasteiger partial charge in [-0.15, -0.1) is 0 Å². The molecule has 0 amide bonds. The molecule has 1 aliphatic heterocycles. The second kappa shape index (κ2) is 6.26. The van der Waals surface area contributed by atoms with Gasteiger partial charge in [0.1, 0.15) is 0 Å². The van der Waals surface area contributed by atoms with E-state index in [0.29, 0.717) is 17.8 Å². The number of hydrogen-bond acceptors (Lipinski definition) is 2. The first-order valence-electron chi connectivity index (χ1n) is 7.51. The lowest BCUT2D eigenvalue weighted by Crippen LogP contribution is -2.56.